The molecule has 1 saturated carbocycles. The lowest BCUT2D eigenvalue weighted by molar-refractivity contribution is 0.584. The maximum atomic E-state index is 12.0. The zero-order valence-corrected chi connectivity index (χ0v) is 13.1. The summed E-state index contributed by atoms with van der Waals surface area (Å²) in [4.78, 5) is 0.245. The van der Waals surface area contributed by atoms with Gasteiger partial charge >= 0.3 is 0 Å². The predicted octanol–water partition coefficient (Wildman–Crippen LogP) is 0.595. The summed E-state index contributed by atoms with van der Waals surface area (Å²) in [6.45, 7) is 0.962. The molecule has 0 aromatic heterocycles. The molecule has 0 radical (unpaired) electrons. The summed E-state index contributed by atoms with van der Waals surface area (Å²) in [5, 5.41) is 3.38. The van der Waals surface area contributed by atoms with Gasteiger partial charge in [0.25, 0.3) is 0 Å². The molecule has 0 bridgehead atoms. The SMILES string of the molecule is CS(=O)CCNS(=O)(=O)c1ccc(CNC2CC2)cc1. The summed E-state index contributed by atoms with van der Waals surface area (Å²) < 4.78 is 37.3. The lowest BCUT2D eigenvalue weighted by Crippen LogP contribution is -2.27. The van der Waals surface area contributed by atoms with Crippen molar-refractivity contribution in [1.82, 2.24) is 10.0 Å². The second-order valence-corrected chi connectivity index (χ2v) is 8.30. The fraction of sp³-hybridized carbons (Fsp3) is 0.538. The van der Waals surface area contributed by atoms with Crippen LogP contribution in [0.3, 0.4) is 0 Å². The quantitative estimate of drug-likeness (QED) is 0.736. The number of sulfonamides is 1. The van der Waals surface area contributed by atoms with Crippen LogP contribution in [0.2, 0.25) is 0 Å². The van der Waals surface area contributed by atoms with E-state index in [0.29, 0.717) is 11.8 Å². The van der Waals surface area contributed by atoms with Gasteiger partial charge in [0.2, 0.25) is 10.0 Å². The number of nitrogens with one attached hydrogen (secondary N) is 2. The third-order valence-electron chi connectivity index (χ3n) is 3.09. The Morgan fingerprint density at radius 1 is 1.25 bits per heavy atom. The molecule has 2 N–H and O–H groups in total. The normalized spacial score (nSPS) is 17.1. The van der Waals surface area contributed by atoms with Gasteiger partial charge in [-0.3, -0.25) is 4.21 Å². The number of rotatable bonds is 8. The molecular weight excluding hydrogens is 296 g/mol. The van der Waals surface area contributed by atoms with Gasteiger partial charge in [0, 0.05) is 41.9 Å². The lowest BCUT2D eigenvalue weighted by atomic mass is 10.2. The summed E-state index contributed by atoms with van der Waals surface area (Å²) in [5.74, 6) is 0.322. The fourth-order valence-corrected chi connectivity index (χ4v) is 3.29. The number of benzene rings is 1. The van der Waals surface area contributed by atoms with Gasteiger partial charge in [-0.05, 0) is 30.5 Å². The molecule has 5 nitrogen and oxygen atoms in total. The second kappa shape index (κ2) is 6.80. The second-order valence-electron chi connectivity index (χ2n) is 4.97. The monoisotopic (exact) mass is 316 g/mol. The summed E-state index contributed by atoms with van der Waals surface area (Å²) in [5.41, 5.74) is 1.07. The van der Waals surface area contributed by atoms with E-state index in [1.165, 1.54) is 12.8 Å². The van der Waals surface area contributed by atoms with Crippen molar-refractivity contribution in [3.63, 3.8) is 0 Å². The minimum absolute atomic E-state index is 0.191. The van der Waals surface area contributed by atoms with Gasteiger partial charge in [-0.25, -0.2) is 13.1 Å². The highest BCUT2D eigenvalue weighted by molar-refractivity contribution is 7.89. The molecule has 1 fully saturated rings. The van der Waals surface area contributed by atoms with Crippen LogP contribution in [-0.4, -0.2) is 37.2 Å². The first-order valence-corrected chi connectivity index (χ1v) is 9.80. The molecule has 2 rings (SSSR count). The van der Waals surface area contributed by atoms with Crippen LogP contribution in [0.1, 0.15) is 18.4 Å². The van der Waals surface area contributed by atoms with Crippen LogP contribution in [-0.2, 0) is 27.4 Å². The van der Waals surface area contributed by atoms with Crippen LogP contribution in [0.4, 0.5) is 0 Å². The first-order valence-electron chi connectivity index (χ1n) is 6.59. The minimum Gasteiger partial charge on any atom is -0.310 e. The van der Waals surface area contributed by atoms with E-state index in [2.05, 4.69) is 10.0 Å². The molecule has 0 heterocycles. The molecular formula is C13H20N2O3S2. The molecule has 1 aliphatic rings. The molecule has 1 atom stereocenters. The summed E-state index contributed by atoms with van der Waals surface area (Å²) >= 11 is 0. The maximum Gasteiger partial charge on any atom is 0.240 e. The summed E-state index contributed by atoms with van der Waals surface area (Å²) in [6.07, 6.45) is 4.01. The molecule has 1 aromatic rings. The molecule has 1 unspecified atom stereocenters. The van der Waals surface area contributed by atoms with Gasteiger partial charge < -0.3 is 5.32 Å². The van der Waals surface area contributed by atoms with Crippen molar-refractivity contribution in [3.05, 3.63) is 29.8 Å². The van der Waals surface area contributed by atoms with E-state index in [4.69, 9.17) is 0 Å². The molecule has 0 spiro atoms. The minimum atomic E-state index is -3.50. The van der Waals surface area contributed by atoms with Crippen LogP contribution in [0.5, 0.6) is 0 Å². The van der Waals surface area contributed by atoms with Crippen LogP contribution in [0.15, 0.2) is 29.2 Å². The van der Waals surface area contributed by atoms with Crippen molar-refractivity contribution < 1.29 is 12.6 Å². The zero-order chi connectivity index (χ0) is 14.6. The van der Waals surface area contributed by atoms with Crippen LogP contribution >= 0.6 is 0 Å². The van der Waals surface area contributed by atoms with Crippen molar-refractivity contribution >= 4 is 20.8 Å². The Bertz CT molecular complexity index is 566. The van der Waals surface area contributed by atoms with Crippen LogP contribution in [0.25, 0.3) is 0 Å². The fourth-order valence-electron chi connectivity index (χ4n) is 1.74. The highest BCUT2D eigenvalue weighted by Gasteiger charge is 2.20. The smallest absolute Gasteiger partial charge is 0.240 e. The third-order valence-corrected chi connectivity index (χ3v) is 5.34. The first-order chi connectivity index (χ1) is 9.47. The molecule has 1 aliphatic carbocycles. The first kappa shape index (κ1) is 15.6. The Labute approximate surface area is 122 Å². The molecule has 0 saturated heterocycles. The van der Waals surface area contributed by atoms with Gasteiger partial charge in [-0.15, -0.1) is 0 Å². The molecule has 1 aromatic carbocycles. The van der Waals surface area contributed by atoms with Gasteiger partial charge in [0.1, 0.15) is 0 Å². The number of hydrogen-bond acceptors (Lipinski definition) is 4. The maximum absolute atomic E-state index is 12.0. The Morgan fingerprint density at radius 3 is 2.45 bits per heavy atom. The summed E-state index contributed by atoms with van der Waals surface area (Å²) in [7, 11) is -4.49. The molecule has 7 heteroatoms. The van der Waals surface area contributed by atoms with Crippen molar-refractivity contribution in [1.29, 1.82) is 0 Å². The highest BCUT2D eigenvalue weighted by atomic mass is 32.2. The van der Waals surface area contributed by atoms with Gasteiger partial charge in [0.15, 0.2) is 0 Å². The molecule has 20 heavy (non-hydrogen) atoms. The Balaban J connectivity index is 1.91. The van der Waals surface area contributed by atoms with E-state index in [0.717, 1.165) is 12.1 Å². The highest BCUT2D eigenvalue weighted by Crippen LogP contribution is 2.19. The van der Waals surface area contributed by atoms with E-state index in [1.54, 1.807) is 18.4 Å². The van der Waals surface area contributed by atoms with E-state index < -0.39 is 20.8 Å². The predicted molar refractivity (Wildman–Crippen MR) is 80.4 cm³/mol. The van der Waals surface area contributed by atoms with Crippen molar-refractivity contribution in [2.45, 2.75) is 30.3 Å². The van der Waals surface area contributed by atoms with Crippen LogP contribution in [0, 0.1) is 0 Å². The average molecular weight is 316 g/mol. The zero-order valence-electron chi connectivity index (χ0n) is 11.5. The molecule has 0 amide bonds. The summed E-state index contributed by atoms with van der Waals surface area (Å²) in [6, 6.07) is 7.49. The third kappa shape index (κ3) is 4.97. The lowest BCUT2D eigenvalue weighted by Gasteiger charge is -2.07. The van der Waals surface area contributed by atoms with E-state index in [-0.39, 0.29) is 11.4 Å². The van der Waals surface area contributed by atoms with E-state index in [9.17, 15) is 12.6 Å². The van der Waals surface area contributed by atoms with Crippen molar-refractivity contribution in [3.8, 4) is 0 Å². The Kier molecular flexibility index (Phi) is 5.31. The topological polar surface area (TPSA) is 75.3 Å². The van der Waals surface area contributed by atoms with Crippen LogP contribution < -0.4 is 10.0 Å². The van der Waals surface area contributed by atoms with Gasteiger partial charge in [-0.2, -0.15) is 0 Å². The largest absolute Gasteiger partial charge is 0.310 e. The Hall–Kier alpha value is -0.760. The number of hydrogen-bond donors (Lipinski definition) is 2. The van der Waals surface area contributed by atoms with E-state index in [1.807, 2.05) is 12.1 Å². The average Bonchev–Trinajstić information content (AvgIpc) is 3.20. The van der Waals surface area contributed by atoms with Gasteiger partial charge in [-0.1, -0.05) is 12.1 Å². The van der Waals surface area contributed by atoms with E-state index >= 15 is 0 Å². The Morgan fingerprint density at radius 2 is 1.90 bits per heavy atom. The van der Waals surface area contributed by atoms with Gasteiger partial charge in [0.05, 0.1) is 4.90 Å². The van der Waals surface area contributed by atoms with Crippen molar-refractivity contribution in [2.24, 2.45) is 0 Å². The van der Waals surface area contributed by atoms with Crippen molar-refractivity contribution in [2.75, 3.05) is 18.6 Å². The molecule has 112 valence electrons. The standard InChI is InChI=1S/C13H20N2O3S2/c1-19(16)9-8-15-20(17,18)13-6-2-11(3-7-13)10-14-12-4-5-12/h2-3,6-7,12,14-15H,4-5,8-10H2,1H3. The molecule has 0 aliphatic heterocycles.